The van der Waals surface area contributed by atoms with Crippen molar-refractivity contribution in [2.45, 2.75) is 13.3 Å². The molecule has 0 fully saturated rings. The van der Waals surface area contributed by atoms with Crippen LogP contribution in [0, 0.1) is 0 Å². The summed E-state index contributed by atoms with van der Waals surface area (Å²) in [5.74, 6) is 0. The van der Waals surface area contributed by atoms with Crippen molar-refractivity contribution in [1.82, 2.24) is 4.98 Å². The molecule has 2 N–H and O–H groups in total. The Morgan fingerprint density at radius 3 is 2.79 bits per heavy atom. The van der Waals surface area contributed by atoms with Crippen LogP contribution in [0.1, 0.15) is 12.5 Å². The maximum absolute atomic E-state index is 5.77. The second-order valence-electron chi connectivity index (χ2n) is 4.41. The lowest BCUT2D eigenvalue weighted by Gasteiger charge is -2.01. The maximum Gasteiger partial charge on any atom is 0.125 e. The number of aryl methyl sites for hydroxylation is 1. The van der Waals surface area contributed by atoms with Crippen molar-refractivity contribution in [3.8, 4) is 10.6 Å². The van der Waals surface area contributed by atoms with Gasteiger partial charge in [-0.3, -0.25) is 0 Å². The van der Waals surface area contributed by atoms with Gasteiger partial charge in [-0.2, -0.15) is 0 Å². The van der Waals surface area contributed by atoms with E-state index >= 15 is 0 Å². The summed E-state index contributed by atoms with van der Waals surface area (Å²) in [6, 6.07) is 12.3. The van der Waals surface area contributed by atoms with Gasteiger partial charge in [-0.25, -0.2) is 4.98 Å². The Morgan fingerprint density at radius 2 is 2.05 bits per heavy atom. The van der Waals surface area contributed by atoms with Gasteiger partial charge in [0.15, 0.2) is 0 Å². The highest BCUT2D eigenvalue weighted by molar-refractivity contribution is 9.10. The Balaban J connectivity index is 2.14. The lowest BCUT2D eigenvalue weighted by molar-refractivity contribution is 1.15. The van der Waals surface area contributed by atoms with Crippen LogP contribution in [0.25, 0.3) is 20.8 Å². The second kappa shape index (κ2) is 4.94. The van der Waals surface area contributed by atoms with Gasteiger partial charge in [0.2, 0.25) is 0 Å². The first-order chi connectivity index (χ1) is 9.17. The van der Waals surface area contributed by atoms with Gasteiger partial charge in [0.25, 0.3) is 0 Å². The fourth-order valence-corrected chi connectivity index (χ4v) is 3.79. The van der Waals surface area contributed by atoms with E-state index in [1.807, 2.05) is 18.2 Å². The molecule has 0 aliphatic carbocycles. The van der Waals surface area contributed by atoms with Gasteiger partial charge in [-0.15, -0.1) is 11.3 Å². The first kappa shape index (κ1) is 12.6. The number of anilines is 1. The number of hydrogen-bond acceptors (Lipinski definition) is 3. The molecule has 96 valence electrons. The van der Waals surface area contributed by atoms with Crippen molar-refractivity contribution in [2.24, 2.45) is 0 Å². The molecule has 3 aromatic rings. The number of aromatic nitrogens is 1. The molecular formula is C15H13BrN2S. The molecule has 1 aromatic heterocycles. The number of halogens is 1. The molecule has 0 radical (unpaired) electrons. The molecule has 0 amide bonds. The van der Waals surface area contributed by atoms with Crippen molar-refractivity contribution in [3.63, 3.8) is 0 Å². The smallest absolute Gasteiger partial charge is 0.125 e. The minimum atomic E-state index is 0.755. The topological polar surface area (TPSA) is 38.9 Å². The highest BCUT2D eigenvalue weighted by Crippen LogP contribution is 2.35. The number of benzene rings is 2. The van der Waals surface area contributed by atoms with E-state index in [-0.39, 0.29) is 0 Å². The van der Waals surface area contributed by atoms with Gasteiger partial charge >= 0.3 is 0 Å². The first-order valence-electron chi connectivity index (χ1n) is 6.12. The van der Waals surface area contributed by atoms with Crippen molar-refractivity contribution in [2.75, 3.05) is 5.73 Å². The zero-order valence-electron chi connectivity index (χ0n) is 10.5. The van der Waals surface area contributed by atoms with Crippen LogP contribution in [-0.2, 0) is 6.42 Å². The first-order valence-corrected chi connectivity index (χ1v) is 7.73. The van der Waals surface area contributed by atoms with Gasteiger partial charge in [0.1, 0.15) is 5.01 Å². The van der Waals surface area contributed by atoms with Gasteiger partial charge in [0, 0.05) is 15.7 Å². The number of hydrogen-bond donors (Lipinski definition) is 1. The highest BCUT2D eigenvalue weighted by atomic mass is 79.9. The third kappa shape index (κ3) is 2.38. The number of nitrogens with two attached hydrogens (primary N) is 1. The highest BCUT2D eigenvalue weighted by Gasteiger charge is 2.10. The van der Waals surface area contributed by atoms with Crippen molar-refractivity contribution < 1.29 is 0 Å². The molecule has 4 heteroatoms. The summed E-state index contributed by atoms with van der Waals surface area (Å²) in [5, 5.41) is 1.02. The molecule has 0 aliphatic rings. The number of thiazole rings is 1. The maximum atomic E-state index is 5.77. The largest absolute Gasteiger partial charge is 0.399 e. The quantitative estimate of drug-likeness (QED) is 0.680. The SMILES string of the molecule is CCc1ccc2nc(-c3ccc(N)cc3Br)sc2c1. The van der Waals surface area contributed by atoms with Gasteiger partial charge < -0.3 is 5.73 Å². The van der Waals surface area contributed by atoms with Crippen LogP contribution in [0.5, 0.6) is 0 Å². The van der Waals surface area contributed by atoms with Crippen molar-refractivity contribution in [3.05, 3.63) is 46.4 Å². The number of nitrogens with zero attached hydrogens (tertiary/aromatic N) is 1. The van der Waals surface area contributed by atoms with E-state index in [1.165, 1.54) is 10.3 Å². The van der Waals surface area contributed by atoms with Crippen LogP contribution in [0.3, 0.4) is 0 Å². The Labute approximate surface area is 124 Å². The molecule has 1 heterocycles. The summed E-state index contributed by atoms with van der Waals surface area (Å²) in [6.45, 7) is 2.17. The van der Waals surface area contributed by atoms with E-state index in [2.05, 4.69) is 41.1 Å². The molecule has 0 saturated heterocycles. The lowest BCUT2D eigenvalue weighted by atomic mass is 10.2. The normalized spacial score (nSPS) is 11.1. The van der Waals surface area contributed by atoms with E-state index in [4.69, 9.17) is 10.7 Å². The molecule has 3 rings (SSSR count). The Bertz CT molecular complexity index is 749. The van der Waals surface area contributed by atoms with E-state index in [0.29, 0.717) is 0 Å². The molecule has 0 saturated carbocycles. The molecule has 0 unspecified atom stereocenters. The standard InChI is InChI=1S/C15H13BrN2S/c1-2-9-3-6-13-14(7-9)19-15(18-13)11-5-4-10(17)8-12(11)16/h3-8H,2,17H2,1H3. The predicted octanol–water partition coefficient (Wildman–Crippen LogP) is 4.87. The minimum Gasteiger partial charge on any atom is -0.399 e. The zero-order valence-corrected chi connectivity index (χ0v) is 12.9. The molecule has 0 aliphatic heterocycles. The summed E-state index contributed by atoms with van der Waals surface area (Å²) >= 11 is 5.27. The molecular weight excluding hydrogens is 320 g/mol. The summed E-state index contributed by atoms with van der Waals surface area (Å²) in [4.78, 5) is 4.70. The molecule has 19 heavy (non-hydrogen) atoms. The van der Waals surface area contributed by atoms with Crippen LogP contribution in [0.15, 0.2) is 40.9 Å². The molecule has 2 nitrogen and oxygen atoms in total. The lowest BCUT2D eigenvalue weighted by Crippen LogP contribution is -1.85. The zero-order chi connectivity index (χ0) is 13.4. The van der Waals surface area contributed by atoms with Crippen LogP contribution in [0.4, 0.5) is 5.69 Å². The minimum absolute atomic E-state index is 0.755. The summed E-state index contributed by atoms with van der Waals surface area (Å²) in [6.07, 6.45) is 1.05. The van der Waals surface area contributed by atoms with Gasteiger partial charge in [-0.1, -0.05) is 13.0 Å². The third-order valence-corrected chi connectivity index (χ3v) is 4.79. The fraction of sp³-hybridized carbons (Fsp3) is 0.133. The Morgan fingerprint density at radius 1 is 1.21 bits per heavy atom. The van der Waals surface area contributed by atoms with Gasteiger partial charge in [0.05, 0.1) is 10.2 Å². The predicted molar refractivity (Wildman–Crippen MR) is 86.5 cm³/mol. The summed E-state index contributed by atoms with van der Waals surface area (Å²) < 4.78 is 2.22. The third-order valence-electron chi connectivity index (χ3n) is 3.08. The summed E-state index contributed by atoms with van der Waals surface area (Å²) in [5.41, 5.74) is 10.0. The Hall–Kier alpha value is -1.39. The van der Waals surface area contributed by atoms with E-state index in [9.17, 15) is 0 Å². The monoisotopic (exact) mass is 332 g/mol. The van der Waals surface area contributed by atoms with Crippen LogP contribution in [0.2, 0.25) is 0 Å². The second-order valence-corrected chi connectivity index (χ2v) is 6.30. The average molecular weight is 333 g/mol. The molecule has 0 atom stereocenters. The van der Waals surface area contributed by atoms with E-state index in [0.717, 1.165) is 32.7 Å². The summed E-state index contributed by atoms with van der Waals surface area (Å²) in [7, 11) is 0. The fourth-order valence-electron chi connectivity index (χ4n) is 2.01. The van der Waals surface area contributed by atoms with Crippen LogP contribution in [-0.4, -0.2) is 4.98 Å². The van der Waals surface area contributed by atoms with E-state index in [1.54, 1.807) is 11.3 Å². The average Bonchev–Trinajstić information content (AvgIpc) is 2.80. The van der Waals surface area contributed by atoms with E-state index < -0.39 is 0 Å². The van der Waals surface area contributed by atoms with Crippen LogP contribution < -0.4 is 5.73 Å². The molecule has 0 spiro atoms. The van der Waals surface area contributed by atoms with Crippen LogP contribution >= 0.6 is 27.3 Å². The van der Waals surface area contributed by atoms with Crippen molar-refractivity contribution >= 4 is 43.2 Å². The number of fused-ring (bicyclic) bond motifs is 1. The molecule has 2 aromatic carbocycles. The molecule has 0 bridgehead atoms. The van der Waals surface area contributed by atoms with Crippen molar-refractivity contribution in [1.29, 1.82) is 0 Å². The number of nitrogen functional groups attached to an aromatic ring is 1. The Kier molecular flexibility index (Phi) is 3.29. The number of rotatable bonds is 2. The van der Waals surface area contributed by atoms with Gasteiger partial charge in [-0.05, 0) is 58.2 Å².